The average molecular weight is 263 g/mol. The van der Waals surface area contributed by atoms with Crippen LogP contribution in [-0.2, 0) is 5.41 Å². The van der Waals surface area contributed by atoms with Crippen molar-refractivity contribution >= 4 is 6.21 Å². The number of rotatable bonds is 4. The van der Waals surface area contributed by atoms with Gasteiger partial charge < -0.3 is 10.2 Å². The van der Waals surface area contributed by atoms with Gasteiger partial charge in [-0.3, -0.25) is 4.99 Å². The first-order valence-corrected chi connectivity index (χ1v) is 6.73. The molecule has 0 aromatic heterocycles. The average Bonchev–Trinajstić information content (AvgIpc) is 2.30. The van der Waals surface area contributed by atoms with Gasteiger partial charge >= 0.3 is 0 Å². The molecule has 0 saturated carbocycles. The lowest BCUT2D eigenvalue weighted by Gasteiger charge is -2.20. The Morgan fingerprint density at radius 2 is 1.89 bits per heavy atom. The molecule has 106 valence electrons. The van der Waals surface area contributed by atoms with Gasteiger partial charge in [-0.15, -0.1) is 0 Å². The molecule has 1 atom stereocenters. The van der Waals surface area contributed by atoms with E-state index in [9.17, 15) is 10.2 Å². The minimum Gasteiger partial charge on any atom is -0.507 e. The topological polar surface area (TPSA) is 52.8 Å². The lowest BCUT2D eigenvalue weighted by molar-refractivity contribution is 0.240. The highest BCUT2D eigenvalue weighted by atomic mass is 16.3. The molecule has 3 heteroatoms. The van der Waals surface area contributed by atoms with E-state index in [0.717, 1.165) is 5.56 Å². The van der Waals surface area contributed by atoms with E-state index in [1.165, 1.54) is 0 Å². The van der Waals surface area contributed by atoms with Crippen LogP contribution in [0.4, 0.5) is 0 Å². The number of aliphatic hydroxyl groups excluding tert-OH is 1. The van der Waals surface area contributed by atoms with Crippen molar-refractivity contribution in [3.8, 4) is 5.75 Å². The standard InChI is InChI=1S/C16H25NO2/c1-11(2)14(10-18)17-9-12-8-13(16(3,4)5)6-7-15(12)19/h6-9,11,14,18-19H,10H2,1-5H3/t14-/m1/s1. The predicted octanol–water partition coefficient (Wildman–Crippen LogP) is 3.13. The summed E-state index contributed by atoms with van der Waals surface area (Å²) in [6.45, 7) is 10.4. The third kappa shape index (κ3) is 4.35. The Hall–Kier alpha value is -1.35. The summed E-state index contributed by atoms with van der Waals surface area (Å²) >= 11 is 0. The Morgan fingerprint density at radius 3 is 2.37 bits per heavy atom. The van der Waals surface area contributed by atoms with Crippen LogP contribution in [-0.4, -0.2) is 29.1 Å². The summed E-state index contributed by atoms with van der Waals surface area (Å²) in [5.74, 6) is 0.492. The summed E-state index contributed by atoms with van der Waals surface area (Å²) in [4.78, 5) is 4.36. The van der Waals surface area contributed by atoms with Crippen LogP contribution in [0.3, 0.4) is 0 Å². The van der Waals surface area contributed by atoms with E-state index in [4.69, 9.17) is 0 Å². The van der Waals surface area contributed by atoms with Crippen molar-refractivity contribution in [2.45, 2.75) is 46.1 Å². The Balaban J connectivity index is 3.03. The second-order valence-corrected chi connectivity index (χ2v) is 6.30. The molecule has 0 saturated heterocycles. The molecule has 1 aromatic carbocycles. The Morgan fingerprint density at radius 1 is 1.26 bits per heavy atom. The SMILES string of the molecule is CC(C)[C@@H](CO)N=Cc1cc(C(C)(C)C)ccc1O. The number of phenolic OH excluding ortho intramolecular Hbond substituents is 1. The first-order valence-electron chi connectivity index (χ1n) is 6.73. The molecule has 0 amide bonds. The van der Waals surface area contributed by atoms with Crippen LogP contribution in [0, 0.1) is 5.92 Å². The highest BCUT2D eigenvalue weighted by molar-refractivity contribution is 5.83. The molecule has 0 aliphatic rings. The largest absolute Gasteiger partial charge is 0.507 e. The first kappa shape index (κ1) is 15.7. The van der Waals surface area contributed by atoms with Crippen molar-refractivity contribution < 1.29 is 10.2 Å². The van der Waals surface area contributed by atoms with Crippen LogP contribution < -0.4 is 0 Å². The van der Waals surface area contributed by atoms with E-state index in [0.29, 0.717) is 5.56 Å². The Bertz CT molecular complexity index is 445. The molecule has 3 nitrogen and oxygen atoms in total. The van der Waals surface area contributed by atoms with Gasteiger partial charge in [-0.2, -0.15) is 0 Å². The number of aliphatic imine (C=N–C) groups is 1. The molecule has 0 aliphatic carbocycles. The highest BCUT2D eigenvalue weighted by Crippen LogP contribution is 2.26. The third-order valence-corrected chi connectivity index (χ3v) is 3.26. The minimum atomic E-state index is -0.127. The molecular formula is C16H25NO2. The molecule has 0 aliphatic heterocycles. The number of hydrogen-bond donors (Lipinski definition) is 2. The fourth-order valence-electron chi connectivity index (χ4n) is 1.73. The first-order chi connectivity index (χ1) is 8.75. The maximum Gasteiger partial charge on any atom is 0.124 e. The monoisotopic (exact) mass is 263 g/mol. The van der Waals surface area contributed by atoms with Gasteiger partial charge in [-0.05, 0) is 29.0 Å². The van der Waals surface area contributed by atoms with Gasteiger partial charge in [-0.1, -0.05) is 40.7 Å². The van der Waals surface area contributed by atoms with E-state index >= 15 is 0 Å². The second kappa shape index (κ2) is 6.20. The summed E-state index contributed by atoms with van der Waals surface area (Å²) in [6, 6.07) is 5.45. The van der Waals surface area contributed by atoms with Crippen LogP contribution >= 0.6 is 0 Å². The minimum absolute atomic E-state index is 0.0217. The molecule has 1 aromatic rings. The van der Waals surface area contributed by atoms with Gasteiger partial charge in [0.25, 0.3) is 0 Å². The zero-order valence-electron chi connectivity index (χ0n) is 12.5. The summed E-state index contributed by atoms with van der Waals surface area (Å²) in [5, 5.41) is 19.1. The van der Waals surface area contributed by atoms with Gasteiger partial charge in [0.15, 0.2) is 0 Å². The number of benzene rings is 1. The zero-order chi connectivity index (χ0) is 14.6. The van der Waals surface area contributed by atoms with Crippen molar-refractivity contribution in [2.24, 2.45) is 10.9 Å². The lowest BCUT2D eigenvalue weighted by Crippen LogP contribution is -2.17. The number of aromatic hydroxyl groups is 1. The molecule has 19 heavy (non-hydrogen) atoms. The fourth-order valence-corrected chi connectivity index (χ4v) is 1.73. The number of hydrogen-bond acceptors (Lipinski definition) is 3. The van der Waals surface area contributed by atoms with Crippen molar-refractivity contribution in [1.29, 1.82) is 0 Å². The van der Waals surface area contributed by atoms with E-state index in [-0.39, 0.29) is 29.7 Å². The number of aliphatic hydroxyl groups is 1. The van der Waals surface area contributed by atoms with E-state index in [2.05, 4.69) is 25.8 Å². The van der Waals surface area contributed by atoms with E-state index < -0.39 is 0 Å². The Kier molecular flexibility index (Phi) is 5.12. The summed E-state index contributed by atoms with van der Waals surface area (Å²) in [6.07, 6.45) is 1.66. The fraction of sp³-hybridized carbons (Fsp3) is 0.562. The van der Waals surface area contributed by atoms with Gasteiger partial charge in [-0.25, -0.2) is 0 Å². The molecule has 0 radical (unpaired) electrons. The normalized spacial score (nSPS) is 14.3. The van der Waals surface area contributed by atoms with E-state index in [1.54, 1.807) is 12.3 Å². The second-order valence-electron chi connectivity index (χ2n) is 6.30. The van der Waals surface area contributed by atoms with Gasteiger partial charge in [0.1, 0.15) is 5.75 Å². The van der Waals surface area contributed by atoms with Crippen molar-refractivity contribution in [1.82, 2.24) is 0 Å². The number of phenols is 1. The van der Waals surface area contributed by atoms with Crippen LogP contribution in [0.15, 0.2) is 23.2 Å². The van der Waals surface area contributed by atoms with Crippen molar-refractivity contribution in [3.05, 3.63) is 29.3 Å². The molecule has 1 rings (SSSR count). The third-order valence-electron chi connectivity index (χ3n) is 3.26. The van der Waals surface area contributed by atoms with Crippen molar-refractivity contribution in [3.63, 3.8) is 0 Å². The molecule has 0 heterocycles. The van der Waals surface area contributed by atoms with Crippen LogP contribution in [0.25, 0.3) is 0 Å². The smallest absolute Gasteiger partial charge is 0.124 e. The molecule has 0 unspecified atom stereocenters. The van der Waals surface area contributed by atoms with Gasteiger partial charge in [0.05, 0.1) is 12.6 Å². The van der Waals surface area contributed by atoms with Crippen LogP contribution in [0.1, 0.15) is 45.7 Å². The molecule has 0 fully saturated rings. The lowest BCUT2D eigenvalue weighted by atomic mass is 9.86. The molecule has 0 bridgehead atoms. The van der Waals surface area contributed by atoms with Crippen LogP contribution in [0.5, 0.6) is 5.75 Å². The zero-order valence-corrected chi connectivity index (χ0v) is 12.5. The molecule has 2 N–H and O–H groups in total. The van der Waals surface area contributed by atoms with E-state index in [1.807, 2.05) is 26.0 Å². The maximum absolute atomic E-state index is 9.87. The van der Waals surface area contributed by atoms with Gasteiger partial charge in [0.2, 0.25) is 0 Å². The quantitative estimate of drug-likeness (QED) is 0.820. The van der Waals surface area contributed by atoms with Crippen LogP contribution in [0.2, 0.25) is 0 Å². The summed E-state index contributed by atoms with van der Waals surface area (Å²) < 4.78 is 0. The summed E-state index contributed by atoms with van der Waals surface area (Å²) in [7, 11) is 0. The van der Waals surface area contributed by atoms with Gasteiger partial charge in [0, 0.05) is 11.8 Å². The summed E-state index contributed by atoms with van der Waals surface area (Å²) in [5.41, 5.74) is 1.88. The molecular weight excluding hydrogens is 238 g/mol. The Labute approximate surface area is 116 Å². The highest BCUT2D eigenvalue weighted by Gasteiger charge is 2.15. The predicted molar refractivity (Wildman–Crippen MR) is 80.1 cm³/mol. The number of nitrogens with zero attached hydrogens (tertiary/aromatic N) is 1. The molecule has 0 spiro atoms. The maximum atomic E-state index is 9.87. The van der Waals surface area contributed by atoms with Crippen molar-refractivity contribution in [2.75, 3.05) is 6.61 Å².